The smallest absolute Gasteiger partial charge is 0.208 e. The van der Waals surface area contributed by atoms with Gasteiger partial charge in [0.15, 0.2) is 0 Å². The number of halogens is 1. The first-order chi connectivity index (χ1) is 7.97. The van der Waals surface area contributed by atoms with Gasteiger partial charge in [-0.3, -0.25) is 0 Å². The summed E-state index contributed by atoms with van der Waals surface area (Å²) in [5, 5.41) is 3.26. The Morgan fingerprint density at radius 1 is 1.18 bits per heavy atom. The number of rotatable bonds is 7. The number of hydrogen-bond donors (Lipinski definition) is 2. The molecule has 0 aliphatic heterocycles. The zero-order valence-electron chi connectivity index (χ0n) is 9.74. The molecule has 2 N–H and O–H groups in total. The van der Waals surface area contributed by atoms with Crippen LogP contribution in [-0.4, -0.2) is 27.8 Å². The van der Waals surface area contributed by atoms with Crippen LogP contribution in [0.5, 0.6) is 0 Å². The Hall–Kier alpha value is -0.430. The summed E-state index contributed by atoms with van der Waals surface area (Å²) in [6, 6.07) is 8.10. The Morgan fingerprint density at radius 3 is 2.41 bits per heavy atom. The molecule has 1 aromatic carbocycles. The molecule has 0 bridgehead atoms. The van der Waals surface area contributed by atoms with Crippen molar-refractivity contribution in [1.29, 1.82) is 0 Å². The summed E-state index contributed by atoms with van der Waals surface area (Å²) in [4.78, 5) is 0. The lowest BCUT2D eigenvalue weighted by Gasteiger charge is -2.05. The highest BCUT2D eigenvalue weighted by Gasteiger charge is 1.98. The van der Waals surface area contributed by atoms with Crippen molar-refractivity contribution in [3.05, 3.63) is 34.3 Å². The first kappa shape index (κ1) is 14.6. The molecule has 96 valence electrons. The standard InChI is InChI=1S/C11H17BrN2O2S/c1-17(15,16)14-8-2-7-13-9-10-3-5-11(12)6-4-10/h3-6,13-14H,2,7-9H2,1H3. The number of benzene rings is 1. The Bertz CT molecular complexity index is 431. The van der Waals surface area contributed by atoms with Crippen molar-refractivity contribution in [3.63, 3.8) is 0 Å². The van der Waals surface area contributed by atoms with E-state index < -0.39 is 10.0 Å². The van der Waals surface area contributed by atoms with Gasteiger partial charge in [0, 0.05) is 17.6 Å². The highest BCUT2D eigenvalue weighted by Crippen LogP contribution is 2.09. The molecule has 1 aromatic rings. The molecule has 0 saturated heterocycles. The lowest BCUT2D eigenvalue weighted by molar-refractivity contribution is 0.579. The van der Waals surface area contributed by atoms with E-state index >= 15 is 0 Å². The van der Waals surface area contributed by atoms with E-state index in [1.165, 1.54) is 11.8 Å². The molecule has 0 spiro atoms. The van der Waals surface area contributed by atoms with E-state index in [-0.39, 0.29) is 0 Å². The fourth-order valence-corrected chi connectivity index (χ4v) is 2.09. The topological polar surface area (TPSA) is 58.2 Å². The first-order valence-corrected chi connectivity index (χ1v) is 8.05. The summed E-state index contributed by atoms with van der Waals surface area (Å²) >= 11 is 3.38. The lowest BCUT2D eigenvalue weighted by Crippen LogP contribution is -2.26. The highest BCUT2D eigenvalue weighted by atomic mass is 79.9. The second-order valence-corrected chi connectivity index (χ2v) is 6.57. The lowest BCUT2D eigenvalue weighted by atomic mass is 10.2. The molecule has 0 atom stereocenters. The summed E-state index contributed by atoms with van der Waals surface area (Å²) in [5.41, 5.74) is 1.21. The molecule has 6 heteroatoms. The van der Waals surface area contributed by atoms with Gasteiger partial charge in [-0.15, -0.1) is 0 Å². The zero-order valence-corrected chi connectivity index (χ0v) is 12.1. The van der Waals surface area contributed by atoms with E-state index in [4.69, 9.17) is 0 Å². The molecular weight excluding hydrogens is 304 g/mol. The molecule has 17 heavy (non-hydrogen) atoms. The van der Waals surface area contributed by atoms with Crippen LogP contribution in [0.3, 0.4) is 0 Å². The normalized spacial score (nSPS) is 11.6. The molecular formula is C11H17BrN2O2S. The third-order valence-corrected chi connectivity index (χ3v) is 3.39. The van der Waals surface area contributed by atoms with Gasteiger partial charge in [-0.1, -0.05) is 28.1 Å². The summed E-state index contributed by atoms with van der Waals surface area (Å²) < 4.78 is 25.1. The number of sulfonamides is 1. The van der Waals surface area contributed by atoms with Crippen LogP contribution in [0.15, 0.2) is 28.7 Å². The van der Waals surface area contributed by atoms with E-state index in [1.54, 1.807) is 0 Å². The largest absolute Gasteiger partial charge is 0.313 e. The van der Waals surface area contributed by atoms with Crippen LogP contribution in [0.1, 0.15) is 12.0 Å². The SMILES string of the molecule is CS(=O)(=O)NCCCNCc1ccc(Br)cc1. The van der Waals surface area contributed by atoms with Gasteiger partial charge in [-0.05, 0) is 30.7 Å². The van der Waals surface area contributed by atoms with Crippen molar-refractivity contribution in [1.82, 2.24) is 10.0 Å². The van der Waals surface area contributed by atoms with E-state index in [0.29, 0.717) is 6.54 Å². The van der Waals surface area contributed by atoms with E-state index in [2.05, 4.69) is 26.0 Å². The van der Waals surface area contributed by atoms with Crippen molar-refractivity contribution in [2.24, 2.45) is 0 Å². The minimum absolute atomic E-state index is 0.478. The fraction of sp³-hybridized carbons (Fsp3) is 0.455. The third kappa shape index (κ3) is 7.49. The van der Waals surface area contributed by atoms with Crippen molar-refractivity contribution in [2.75, 3.05) is 19.3 Å². The van der Waals surface area contributed by atoms with Gasteiger partial charge < -0.3 is 5.32 Å². The molecule has 4 nitrogen and oxygen atoms in total. The summed E-state index contributed by atoms with van der Waals surface area (Å²) in [5.74, 6) is 0. The predicted molar refractivity (Wildman–Crippen MR) is 73.3 cm³/mol. The zero-order chi connectivity index (χ0) is 12.7. The Kier molecular flexibility index (Phi) is 6.11. The van der Waals surface area contributed by atoms with Gasteiger partial charge in [-0.2, -0.15) is 0 Å². The van der Waals surface area contributed by atoms with Gasteiger partial charge in [0.1, 0.15) is 0 Å². The van der Waals surface area contributed by atoms with Crippen LogP contribution in [-0.2, 0) is 16.6 Å². The van der Waals surface area contributed by atoms with Gasteiger partial charge >= 0.3 is 0 Å². The van der Waals surface area contributed by atoms with Crippen LogP contribution in [0.25, 0.3) is 0 Å². The monoisotopic (exact) mass is 320 g/mol. The molecule has 0 aliphatic carbocycles. The van der Waals surface area contributed by atoms with E-state index in [1.807, 2.05) is 24.3 Å². The highest BCUT2D eigenvalue weighted by molar-refractivity contribution is 9.10. The fourth-order valence-electron chi connectivity index (χ4n) is 1.31. The number of nitrogens with one attached hydrogen (secondary N) is 2. The van der Waals surface area contributed by atoms with Crippen LogP contribution in [0.2, 0.25) is 0 Å². The third-order valence-electron chi connectivity index (χ3n) is 2.14. The van der Waals surface area contributed by atoms with Gasteiger partial charge in [-0.25, -0.2) is 13.1 Å². The molecule has 0 heterocycles. The Balaban J connectivity index is 2.10. The molecule has 0 saturated carbocycles. The maximum Gasteiger partial charge on any atom is 0.208 e. The maximum atomic E-state index is 10.8. The van der Waals surface area contributed by atoms with Gasteiger partial charge in [0.25, 0.3) is 0 Å². The van der Waals surface area contributed by atoms with Crippen molar-refractivity contribution in [3.8, 4) is 0 Å². The first-order valence-electron chi connectivity index (χ1n) is 5.37. The molecule has 0 fully saturated rings. The second-order valence-electron chi connectivity index (χ2n) is 3.82. The summed E-state index contributed by atoms with van der Waals surface area (Å²) in [7, 11) is -3.05. The summed E-state index contributed by atoms with van der Waals surface area (Å²) in [6.45, 7) is 2.07. The van der Waals surface area contributed by atoms with Crippen LogP contribution < -0.4 is 10.0 Å². The molecule has 0 amide bonds. The Morgan fingerprint density at radius 2 is 1.82 bits per heavy atom. The molecule has 1 rings (SSSR count). The van der Waals surface area contributed by atoms with Crippen molar-refractivity contribution < 1.29 is 8.42 Å². The molecule has 0 radical (unpaired) electrons. The van der Waals surface area contributed by atoms with E-state index in [0.717, 1.165) is 24.0 Å². The van der Waals surface area contributed by atoms with Gasteiger partial charge in [0.2, 0.25) is 10.0 Å². The van der Waals surface area contributed by atoms with Crippen LogP contribution in [0, 0.1) is 0 Å². The molecule has 0 aliphatic rings. The average Bonchev–Trinajstić information content (AvgIpc) is 2.24. The second kappa shape index (κ2) is 7.10. The summed E-state index contributed by atoms with van der Waals surface area (Å²) in [6.07, 6.45) is 1.95. The quantitative estimate of drug-likeness (QED) is 0.748. The average molecular weight is 321 g/mol. The number of hydrogen-bond acceptors (Lipinski definition) is 3. The maximum absolute atomic E-state index is 10.8. The minimum atomic E-state index is -3.05. The predicted octanol–water partition coefficient (Wildman–Crippen LogP) is 1.48. The van der Waals surface area contributed by atoms with Crippen LogP contribution in [0.4, 0.5) is 0 Å². The minimum Gasteiger partial charge on any atom is -0.313 e. The Labute approximate surface area is 111 Å². The van der Waals surface area contributed by atoms with Crippen molar-refractivity contribution >= 4 is 26.0 Å². The molecule has 0 unspecified atom stereocenters. The van der Waals surface area contributed by atoms with Gasteiger partial charge in [0.05, 0.1) is 6.26 Å². The van der Waals surface area contributed by atoms with Crippen molar-refractivity contribution in [2.45, 2.75) is 13.0 Å². The van der Waals surface area contributed by atoms with Crippen LogP contribution >= 0.6 is 15.9 Å². The molecule has 0 aromatic heterocycles. The van der Waals surface area contributed by atoms with E-state index in [9.17, 15) is 8.42 Å².